The second-order valence-electron chi connectivity index (χ2n) is 32.0. The zero-order valence-electron chi connectivity index (χ0n) is 68.7. The van der Waals surface area contributed by atoms with Crippen molar-refractivity contribution in [3.8, 4) is 17.1 Å². The smallest absolute Gasteiger partial charge is 0.280 e. The number of benzene rings is 6. The van der Waals surface area contributed by atoms with Gasteiger partial charge in [0.15, 0.2) is 22.1 Å². The Labute approximate surface area is 710 Å². The van der Waals surface area contributed by atoms with E-state index in [1.165, 1.54) is 171 Å². The van der Waals surface area contributed by atoms with Gasteiger partial charge in [0.1, 0.15) is 16.7 Å². The standard InChI is InChI=1S/C32H31N7O2S.C32H36N6O3.C30H32N6O3/c40-28-26-19-34-31(35-24-9-6-21(7-10-24)12-16-38-14-1-2-15-38)36-29(26)39(25-11-8-22-4-3-5-23(22)18-25)20-27(28)30(41)37-32-33-13-17-42-32;1-41-18-14-33-31(40)28-21-38(26-12-9-23-5-4-6-24(23)19-26)30-27(29(28)39)20-34-32(36-30)35-25-10-7-22(8-11-25)13-17-37-15-2-3-16-37;1-39-34-29(38)26-19-36(24-12-9-21-5-4-6-22(21)17-24)28-25(27(26)37)18-31-30(33-28)32-23-10-7-20(8-11-23)13-16-35-14-2-3-15-35/h6-11,13,17-20H,1-5,12,14-16H2,(H,33,37,41)(H,34,35,36);7-12,19-21H,2-6,13-18H2,1H3,(H,33,40)(H,34,35,36);7-12,17-19H,2-6,13-16H2,1H3,(H,34,38)(H,31,32,33). The van der Waals surface area contributed by atoms with Gasteiger partial charge in [0, 0.05) is 116 Å². The molecule has 0 atom stereocenters. The molecule has 0 spiro atoms. The predicted octanol–water partition coefficient (Wildman–Crippen LogP) is 13.3. The van der Waals surface area contributed by atoms with E-state index in [9.17, 15) is 28.8 Å². The largest absolute Gasteiger partial charge is 0.383 e. The molecule has 3 amide bonds. The van der Waals surface area contributed by atoms with Crippen LogP contribution in [-0.2, 0) is 67.4 Å². The number of nitrogens with zero attached hydrogens (tertiary/aromatic N) is 13. The molecular weight excluding hydrogens is 1560 g/mol. The number of ether oxygens (including phenoxy) is 1. The van der Waals surface area contributed by atoms with Crippen LogP contribution in [0.3, 0.4) is 0 Å². The maximum absolute atomic E-state index is 13.5. The first-order chi connectivity index (χ1) is 59.8. The Morgan fingerprint density at radius 1 is 0.410 bits per heavy atom. The minimum Gasteiger partial charge on any atom is -0.383 e. The number of nitrogens with one attached hydrogen (secondary N) is 6. The third-order valence-electron chi connectivity index (χ3n) is 23.9. The number of aryl methyl sites for hydroxylation is 6. The van der Waals surface area contributed by atoms with E-state index in [-0.39, 0.29) is 32.8 Å². The Kier molecular flexibility index (Phi) is 25.5. The molecule has 28 heteroatoms. The molecule has 6 aliphatic rings. The van der Waals surface area contributed by atoms with Crippen molar-refractivity contribution >= 4 is 102 Å². The number of amides is 3. The van der Waals surface area contributed by atoms with Crippen molar-refractivity contribution in [1.29, 1.82) is 0 Å². The van der Waals surface area contributed by atoms with Crippen LogP contribution in [-0.4, -0.2) is 167 Å². The molecule has 624 valence electrons. The lowest BCUT2D eigenvalue weighted by Gasteiger charge is -2.15. The Bertz CT molecular complexity index is 6180. The number of pyridine rings is 3. The lowest BCUT2D eigenvalue weighted by Crippen LogP contribution is -2.32. The fraction of sp³-hybridized carbons (Fsp3) is 0.330. The van der Waals surface area contributed by atoms with Gasteiger partial charge in [-0.05, 0) is 278 Å². The van der Waals surface area contributed by atoms with Gasteiger partial charge >= 0.3 is 0 Å². The van der Waals surface area contributed by atoms with Gasteiger partial charge in [0.05, 0.1) is 29.9 Å². The molecule has 10 heterocycles. The van der Waals surface area contributed by atoms with Crippen molar-refractivity contribution in [2.75, 3.05) is 108 Å². The van der Waals surface area contributed by atoms with Gasteiger partial charge in [-0.3, -0.25) is 38.9 Å². The highest BCUT2D eigenvalue weighted by molar-refractivity contribution is 7.13. The van der Waals surface area contributed by atoms with Crippen molar-refractivity contribution in [3.05, 3.63) is 274 Å². The van der Waals surface area contributed by atoms with E-state index in [0.29, 0.717) is 53.1 Å². The number of hydrogen-bond acceptors (Lipinski definition) is 22. The Balaban J connectivity index is 0.000000130. The summed E-state index contributed by atoms with van der Waals surface area (Å²) in [7, 11) is 2.90. The van der Waals surface area contributed by atoms with Gasteiger partial charge in [-0.1, -0.05) is 54.6 Å². The lowest BCUT2D eigenvalue weighted by atomic mass is 10.1. The van der Waals surface area contributed by atoms with E-state index in [1.54, 1.807) is 35.6 Å². The maximum atomic E-state index is 13.5. The fourth-order valence-corrected chi connectivity index (χ4v) is 17.7. The summed E-state index contributed by atoms with van der Waals surface area (Å²) < 4.78 is 10.5. The van der Waals surface area contributed by atoms with Crippen LogP contribution in [0.2, 0.25) is 0 Å². The number of hydrogen-bond donors (Lipinski definition) is 6. The normalized spacial score (nSPS) is 14.9. The van der Waals surface area contributed by atoms with Crippen LogP contribution in [0.4, 0.5) is 40.0 Å². The monoisotopic (exact) mass is 1650 g/mol. The molecule has 0 unspecified atom stereocenters. The van der Waals surface area contributed by atoms with E-state index >= 15 is 0 Å². The number of anilines is 7. The summed E-state index contributed by atoms with van der Waals surface area (Å²) in [5.41, 5.74) is 19.2. The van der Waals surface area contributed by atoms with Crippen LogP contribution in [0.15, 0.2) is 191 Å². The first-order valence-electron chi connectivity index (χ1n) is 42.5. The van der Waals surface area contributed by atoms with Gasteiger partial charge in [0.25, 0.3) is 17.7 Å². The number of likely N-dealkylation sites (tertiary alicyclic amines) is 3. The molecule has 3 saturated heterocycles. The van der Waals surface area contributed by atoms with E-state index in [4.69, 9.17) is 24.5 Å². The number of hydroxylamine groups is 1. The van der Waals surface area contributed by atoms with Crippen molar-refractivity contribution in [2.24, 2.45) is 0 Å². The number of thiazole rings is 1. The van der Waals surface area contributed by atoms with Crippen LogP contribution in [0.25, 0.3) is 50.2 Å². The van der Waals surface area contributed by atoms with Crippen LogP contribution >= 0.6 is 11.3 Å². The zero-order valence-corrected chi connectivity index (χ0v) is 69.6. The van der Waals surface area contributed by atoms with E-state index in [1.807, 2.05) is 63.7 Å². The molecule has 7 aromatic heterocycles. The third kappa shape index (κ3) is 19.1. The van der Waals surface area contributed by atoms with Crippen LogP contribution < -0.4 is 48.4 Å². The van der Waals surface area contributed by atoms with Crippen molar-refractivity contribution < 1.29 is 24.0 Å². The molecule has 3 aliphatic carbocycles. The molecule has 0 saturated carbocycles. The van der Waals surface area contributed by atoms with E-state index in [2.05, 4.69) is 139 Å². The molecule has 13 aromatic rings. The summed E-state index contributed by atoms with van der Waals surface area (Å²) in [5.74, 6) is -0.452. The second-order valence-corrected chi connectivity index (χ2v) is 32.9. The van der Waals surface area contributed by atoms with Crippen LogP contribution in [0.5, 0.6) is 0 Å². The molecule has 3 aliphatic heterocycles. The lowest BCUT2D eigenvalue weighted by molar-refractivity contribution is 0.0536. The number of rotatable bonds is 26. The highest BCUT2D eigenvalue weighted by atomic mass is 32.1. The van der Waals surface area contributed by atoms with Gasteiger partial charge in [-0.2, -0.15) is 15.0 Å². The average molecular weight is 1660 g/mol. The topological polar surface area (TPSA) is 308 Å². The Morgan fingerprint density at radius 3 is 1.11 bits per heavy atom. The summed E-state index contributed by atoms with van der Waals surface area (Å²) in [6.07, 6.45) is 31.3. The molecule has 6 aromatic carbocycles. The molecule has 122 heavy (non-hydrogen) atoms. The fourth-order valence-electron chi connectivity index (χ4n) is 17.2. The van der Waals surface area contributed by atoms with Gasteiger partial charge in [-0.15, -0.1) is 11.3 Å². The molecule has 27 nitrogen and oxygen atoms in total. The van der Waals surface area contributed by atoms with Crippen molar-refractivity contribution in [1.82, 2.24) is 74.1 Å². The summed E-state index contributed by atoms with van der Waals surface area (Å²) >= 11 is 1.29. The Hall–Kier alpha value is -12.6. The molecule has 0 radical (unpaired) electrons. The number of carbonyl (C=O) groups is 3. The van der Waals surface area contributed by atoms with Gasteiger partial charge < -0.3 is 54.4 Å². The number of aromatic nitrogens is 10. The molecular formula is C94H99N19O8S. The average Bonchev–Trinajstić information content (AvgIpc) is 0.792. The van der Waals surface area contributed by atoms with E-state index < -0.39 is 34.0 Å². The molecule has 3 fully saturated rings. The number of fused-ring (bicyclic) bond motifs is 6. The van der Waals surface area contributed by atoms with Gasteiger partial charge in [0.2, 0.25) is 34.1 Å². The number of carbonyl (C=O) groups excluding carboxylic acids is 3. The van der Waals surface area contributed by atoms with Crippen molar-refractivity contribution in [3.63, 3.8) is 0 Å². The van der Waals surface area contributed by atoms with Crippen LogP contribution in [0, 0.1) is 0 Å². The summed E-state index contributed by atoms with van der Waals surface area (Å²) in [6.45, 7) is 11.1. The van der Waals surface area contributed by atoms with Crippen molar-refractivity contribution in [2.45, 2.75) is 116 Å². The minimum absolute atomic E-state index is 0.00651. The first-order valence-corrected chi connectivity index (χ1v) is 43.4. The molecule has 19 rings (SSSR count). The third-order valence-corrected chi connectivity index (χ3v) is 24.6. The quantitative estimate of drug-likeness (QED) is 0.0217. The predicted molar refractivity (Wildman–Crippen MR) is 478 cm³/mol. The first kappa shape index (κ1) is 81.8. The Morgan fingerprint density at radius 2 is 0.762 bits per heavy atom. The maximum Gasteiger partial charge on any atom is 0.280 e. The molecule has 0 bridgehead atoms. The SMILES string of the molecule is COCCNC(=O)c1cn(-c2ccc3c(c2)CCC3)c2nc(Nc3ccc(CCN4CCCC4)cc3)ncc2c1=O.CONC(=O)c1cn(-c2ccc3c(c2)CCC3)c2nc(Nc3ccc(CCN4CCCC4)cc3)ncc2c1=O.O=C(Nc1nccs1)c1cn(-c2ccc3c(c2)CCC3)c2nc(Nc3ccc(CCN4CCCC4)cc3)ncc2c1=O. The van der Waals surface area contributed by atoms with E-state index in [0.717, 1.165) is 131 Å². The highest BCUT2D eigenvalue weighted by Crippen LogP contribution is 2.32. The molecule has 6 N–H and O–H groups in total. The minimum atomic E-state index is -0.619. The zero-order chi connectivity index (χ0) is 83.4. The summed E-state index contributed by atoms with van der Waals surface area (Å²) in [4.78, 5) is 123. The van der Waals surface area contributed by atoms with Gasteiger partial charge in [-0.25, -0.2) is 25.4 Å². The number of methoxy groups -OCH3 is 1. The summed E-state index contributed by atoms with van der Waals surface area (Å²) in [5, 5.41) is 18.4. The highest BCUT2D eigenvalue weighted by Gasteiger charge is 2.26. The van der Waals surface area contributed by atoms with Crippen LogP contribution in [0.1, 0.15) is 139 Å². The second kappa shape index (κ2) is 38.0. The summed E-state index contributed by atoms with van der Waals surface area (Å²) in [6, 6.07) is 43.8.